The lowest BCUT2D eigenvalue weighted by molar-refractivity contribution is -0.146. The number of unbranched alkanes of at least 4 members (excludes halogenated alkanes) is 24. The number of ether oxygens (including phenoxy) is 2. The van der Waals surface area contributed by atoms with Crippen LogP contribution in [0.4, 0.5) is 0 Å². The minimum Gasteiger partial charge on any atom is -0.465 e. The molecule has 2 unspecified atom stereocenters. The number of nitrogens with zero attached hydrogens (tertiary/aromatic N) is 2. The van der Waals surface area contributed by atoms with Crippen molar-refractivity contribution >= 4 is 17.8 Å². The van der Waals surface area contributed by atoms with Crippen LogP contribution in [-0.2, 0) is 23.9 Å². The summed E-state index contributed by atoms with van der Waals surface area (Å²) in [4.78, 5) is 43.4. The van der Waals surface area contributed by atoms with Crippen LogP contribution in [0, 0.1) is 11.8 Å². The topological polar surface area (TPSA) is 96.4 Å². The van der Waals surface area contributed by atoms with E-state index in [1.165, 1.54) is 167 Å². The molecule has 0 radical (unpaired) electrons. The van der Waals surface area contributed by atoms with Gasteiger partial charge >= 0.3 is 11.9 Å². The first-order valence-electron chi connectivity index (χ1n) is 30.2. The minimum absolute atomic E-state index is 0.0163. The molecule has 68 heavy (non-hydrogen) atoms. The van der Waals surface area contributed by atoms with Gasteiger partial charge in [-0.1, -0.05) is 208 Å². The molecule has 0 saturated carbocycles. The largest absolute Gasteiger partial charge is 0.465 e. The first-order chi connectivity index (χ1) is 33.3. The molecule has 0 aromatic rings. The van der Waals surface area contributed by atoms with Gasteiger partial charge in [-0.05, 0) is 102 Å². The van der Waals surface area contributed by atoms with Gasteiger partial charge < -0.3 is 24.4 Å². The molecule has 0 aliphatic carbocycles. The van der Waals surface area contributed by atoms with Crippen LogP contribution in [0.25, 0.3) is 0 Å². The zero-order valence-electron chi connectivity index (χ0n) is 46.6. The second-order valence-electron chi connectivity index (χ2n) is 21.2. The highest BCUT2D eigenvalue weighted by Crippen LogP contribution is 2.22. The number of carbonyl (C=O) groups excluding carboxylic acids is 3. The molecule has 0 aromatic heterocycles. The molecule has 1 amide bonds. The Morgan fingerprint density at radius 3 is 1.15 bits per heavy atom. The van der Waals surface area contributed by atoms with Crippen LogP contribution in [-0.4, -0.2) is 85.3 Å². The standard InChI is InChI=1S/C60H118N2O6/c1-7-12-17-20-29-37-49-62(51-39-52-63)50-38-36-46-58(64)61(6)57(44-32-25-21-23-27-34-47-59(65)67-53-55(40-15-10-4)42-30-18-13-8-2)45-33-26-22-24-28-35-48-60(66)68-54-56(41-16-11-5)43-31-19-14-9-3/h55-57,63H,7-54H2,1-6H3. The summed E-state index contributed by atoms with van der Waals surface area (Å²) in [5.74, 6) is 1.29. The minimum atomic E-state index is -0.0163. The van der Waals surface area contributed by atoms with Gasteiger partial charge in [-0.15, -0.1) is 0 Å². The molecule has 0 fully saturated rings. The van der Waals surface area contributed by atoms with E-state index < -0.39 is 0 Å². The molecule has 0 rings (SSSR count). The third-order valence-electron chi connectivity index (χ3n) is 14.7. The Balaban J connectivity index is 4.86. The van der Waals surface area contributed by atoms with Crippen LogP contribution in [0.15, 0.2) is 0 Å². The van der Waals surface area contributed by atoms with Crippen molar-refractivity contribution < 1.29 is 29.0 Å². The van der Waals surface area contributed by atoms with Crippen molar-refractivity contribution in [2.75, 3.05) is 46.5 Å². The highest BCUT2D eigenvalue weighted by atomic mass is 16.5. The molecule has 0 saturated heterocycles. The monoisotopic (exact) mass is 963 g/mol. The quantitative estimate of drug-likeness (QED) is 0.0479. The Morgan fingerprint density at radius 2 is 0.706 bits per heavy atom. The summed E-state index contributed by atoms with van der Waals surface area (Å²) in [6.45, 7) is 15.7. The van der Waals surface area contributed by atoms with E-state index in [4.69, 9.17) is 9.47 Å². The van der Waals surface area contributed by atoms with Crippen LogP contribution in [0.3, 0.4) is 0 Å². The molecule has 0 aromatic carbocycles. The van der Waals surface area contributed by atoms with Crippen molar-refractivity contribution in [3.05, 3.63) is 0 Å². The van der Waals surface area contributed by atoms with E-state index in [2.05, 4.69) is 44.4 Å². The van der Waals surface area contributed by atoms with Crippen molar-refractivity contribution in [3.8, 4) is 0 Å². The molecule has 1 N–H and O–H groups in total. The predicted octanol–water partition coefficient (Wildman–Crippen LogP) is 16.9. The summed E-state index contributed by atoms with van der Waals surface area (Å²) in [7, 11) is 2.05. The van der Waals surface area contributed by atoms with E-state index in [0.717, 1.165) is 103 Å². The molecule has 8 nitrogen and oxygen atoms in total. The third-order valence-corrected chi connectivity index (χ3v) is 14.7. The highest BCUT2D eigenvalue weighted by Gasteiger charge is 2.20. The van der Waals surface area contributed by atoms with Crippen LogP contribution >= 0.6 is 0 Å². The fourth-order valence-electron chi connectivity index (χ4n) is 9.87. The summed E-state index contributed by atoms with van der Waals surface area (Å²) in [6, 6.07) is 0.279. The zero-order chi connectivity index (χ0) is 50.0. The summed E-state index contributed by atoms with van der Waals surface area (Å²) in [5.41, 5.74) is 0. The fraction of sp³-hybridized carbons (Fsp3) is 0.950. The van der Waals surface area contributed by atoms with Gasteiger partial charge in [-0.25, -0.2) is 0 Å². The predicted molar refractivity (Wildman–Crippen MR) is 291 cm³/mol. The van der Waals surface area contributed by atoms with E-state index in [1.54, 1.807) is 0 Å². The average molecular weight is 964 g/mol. The number of esters is 2. The number of amides is 1. The van der Waals surface area contributed by atoms with Crippen molar-refractivity contribution in [1.29, 1.82) is 0 Å². The molecule has 404 valence electrons. The molecule has 0 spiro atoms. The number of rotatable bonds is 54. The molecule has 0 aliphatic rings. The SMILES string of the molecule is CCCCCCCCN(CCCO)CCCCC(=O)N(C)C(CCCCCCCCC(=O)OCC(CCCC)CCCCCC)CCCCCCCCC(=O)OCC(CCCC)CCCCCC. The third kappa shape index (κ3) is 43.1. The average Bonchev–Trinajstić information content (AvgIpc) is 3.34. The smallest absolute Gasteiger partial charge is 0.305 e. The van der Waals surface area contributed by atoms with Gasteiger partial charge in [-0.3, -0.25) is 14.4 Å². The van der Waals surface area contributed by atoms with Gasteiger partial charge in [0.15, 0.2) is 0 Å². The summed E-state index contributed by atoms with van der Waals surface area (Å²) in [5, 5.41) is 9.48. The maximum atomic E-state index is 13.6. The normalized spacial score (nSPS) is 12.9. The Hall–Kier alpha value is -1.67. The zero-order valence-corrected chi connectivity index (χ0v) is 46.6. The van der Waals surface area contributed by atoms with Gasteiger partial charge in [0.25, 0.3) is 0 Å². The van der Waals surface area contributed by atoms with Gasteiger partial charge in [0.2, 0.25) is 5.91 Å². The van der Waals surface area contributed by atoms with Crippen LogP contribution in [0.2, 0.25) is 0 Å². The molecular formula is C60H118N2O6. The molecule has 0 aliphatic heterocycles. The van der Waals surface area contributed by atoms with Crippen molar-refractivity contribution in [3.63, 3.8) is 0 Å². The summed E-state index contributed by atoms with van der Waals surface area (Å²) >= 11 is 0. The number of hydrogen-bond donors (Lipinski definition) is 1. The van der Waals surface area contributed by atoms with Crippen molar-refractivity contribution in [2.24, 2.45) is 11.8 Å². The Morgan fingerprint density at radius 1 is 0.382 bits per heavy atom. The number of aliphatic hydroxyl groups is 1. The van der Waals surface area contributed by atoms with Crippen molar-refractivity contribution in [2.45, 2.75) is 310 Å². The molecule has 2 atom stereocenters. The fourth-order valence-corrected chi connectivity index (χ4v) is 9.87. The second kappa shape index (κ2) is 51.7. The maximum Gasteiger partial charge on any atom is 0.305 e. The van der Waals surface area contributed by atoms with Gasteiger partial charge in [0.05, 0.1) is 13.2 Å². The van der Waals surface area contributed by atoms with E-state index in [9.17, 15) is 19.5 Å². The van der Waals surface area contributed by atoms with Crippen LogP contribution < -0.4 is 0 Å². The van der Waals surface area contributed by atoms with Gasteiger partial charge in [0.1, 0.15) is 0 Å². The lowest BCUT2D eigenvalue weighted by Gasteiger charge is -2.29. The maximum absolute atomic E-state index is 13.6. The summed E-state index contributed by atoms with van der Waals surface area (Å²) in [6.07, 6.45) is 47.3. The Bertz CT molecular complexity index is 1030. The molecule has 0 bridgehead atoms. The highest BCUT2D eigenvalue weighted by molar-refractivity contribution is 5.76. The lowest BCUT2D eigenvalue weighted by Crippen LogP contribution is -2.37. The second-order valence-corrected chi connectivity index (χ2v) is 21.2. The number of hydrogen-bond acceptors (Lipinski definition) is 7. The molecule has 8 heteroatoms. The van der Waals surface area contributed by atoms with Crippen molar-refractivity contribution in [1.82, 2.24) is 9.80 Å². The number of carbonyl (C=O) groups is 3. The first kappa shape index (κ1) is 66.3. The van der Waals surface area contributed by atoms with Gasteiger partial charge in [-0.2, -0.15) is 0 Å². The van der Waals surface area contributed by atoms with E-state index in [1.807, 2.05) is 7.05 Å². The Labute approximate surface area is 423 Å². The molecule has 0 heterocycles. The summed E-state index contributed by atoms with van der Waals surface area (Å²) < 4.78 is 11.5. The first-order valence-corrected chi connectivity index (χ1v) is 30.2. The number of aliphatic hydroxyl groups excluding tert-OH is 1. The van der Waals surface area contributed by atoms with Crippen LogP contribution in [0.5, 0.6) is 0 Å². The van der Waals surface area contributed by atoms with E-state index in [0.29, 0.717) is 44.3 Å². The van der Waals surface area contributed by atoms with E-state index in [-0.39, 0.29) is 30.5 Å². The molecular weight excluding hydrogens is 845 g/mol. The van der Waals surface area contributed by atoms with Gasteiger partial charge in [0, 0.05) is 45.5 Å². The van der Waals surface area contributed by atoms with Crippen LogP contribution in [0.1, 0.15) is 304 Å². The van der Waals surface area contributed by atoms with E-state index >= 15 is 0 Å². The Kier molecular flexibility index (Phi) is 50.4. The lowest BCUT2D eigenvalue weighted by atomic mass is 9.96.